The Bertz CT molecular complexity index is 462. The molecule has 2 N–H and O–H groups in total. The van der Waals surface area contributed by atoms with Crippen molar-refractivity contribution in [1.82, 2.24) is 5.32 Å². The Kier molecular flexibility index (Phi) is 5.03. The molecule has 0 aliphatic heterocycles. The lowest BCUT2D eigenvalue weighted by atomic mass is 10.2. The van der Waals surface area contributed by atoms with Gasteiger partial charge in [-0.05, 0) is 31.4 Å². The number of rotatable bonds is 5. The van der Waals surface area contributed by atoms with Crippen molar-refractivity contribution in [3.63, 3.8) is 0 Å². The number of hydrogen-bond acceptors (Lipinski definition) is 3. The average molecular weight is 284 g/mol. The Morgan fingerprint density at radius 2 is 2.05 bits per heavy atom. The standard InChI is InChI=1S/C14H18F2N2O2/c1-20-10-6-5-9(7-10)17-8-13(19)18-14-11(15)3-2-4-12(14)16/h2-4,9-10,17H,5-8H2,1H3,(H,18,19). The van der Waals surface area contributed by atoms with Crippen molar-refractivity contribution in [2.75, 3.05) is 19.0 Å². The Hall–Kier alpha value is -1.53. The molecule has 6 heteroatoms. The molecule has 4 nitrogen and oxygen atoms in total. The molecule has 0 heterocycles. The predicted molar refractivity (Wildman–Crippen MR) is 71.4 cm³/mol. The zero-order chi connectivity index (χ0) is 14.5. The molecule has 1 aliphatic rings. The summed E-state index contributed by atoms with van der Waals surface area (Å²) in [5.41, 5.74) is -0.402. The third kappa shape index (κ3) is 3.74. The van der Waals surface area contributed by atoms with Gasteiger partial charge < -0.3 is 15.4 Å². The van der Waals surface area contributed by atoms with Gasteiger partial charge in [0.05, 0.1) is 12.6 Å². The summed E-state index contributed by atoms with van der Waals surface area (Å²) in [7, 11) is 1.67. The highest BCUT2D eigenvalue weighted by atomic mass is 19.1. The first-order valence-corrected chi connectivity index (χ1v) is 6.60. The Morgan fingerprint density at radius 3 is 2.65 bits per heavy atom. The number of hydrogen-bond donors (Lipinski definition) is 2. The van der Waals surface area contributed by atoms with Crippen molar-refractivity contribution >= 4 is 11.6 Å². The molecule has 1 aliphatic carbocycles. The molecular formula is C14H18F2N2O2. The number of benzene rings is 1. The van der Waals surface area contributed by atoms with Gasteiger partial charge in [-0.1, -0.05) is 6.07 Å². The van der Waals surface area contributed by atoms with Crippen LogP contribution in [0.15, 0.2) is 18.2 Å². The fourth-order valence-corrected chi connectivity index (χ4v) is 2.38. The average Bonchev–Trinajstić information content (AvgIpc) is 2.89. The topological polar surface area (TPSA) is 50.4 Å². The third-order valence-electron chi connectivity index (χ3n) is 3.50. The number of ether oxygens (including phenoxy) is 1. The number of carbonyl (C=O) groups excluding carboxylic acids is 1. The molecule has 2 atom stereocenters. The van der Waals surface area contributed by atoms with Crippen LogP contribution in [-0.2, 0) is 9.53 Å². The maximum absolute atomic E-state index is 13.4. The molecule has 2 unspecified atom stereocenters. The van der Waals surface area contributed by atoms with Crippen molar-refractivity contribution in [1.29, 1.82) is 0 Å². The van der Waals surface area contributed by atoms with Gasteiger partial charge in [-0.15, -0.1) is 0 Å². The van der Waals surface area contributed by atoms with Gasteiger partial charge in [0.25, 0.3) is 0 Å². The number of amides is 1. The normalized spacial score (nSPS) is 21.9. The van der Waals surface area contributed by atoms with Crippen LogP contribution in [0.3, 0.4) is 0 Å². The zero-order valence-corrected chi connectivity index (χ0v) is 11.3. The molecule has 0 saturated heterocycles. The number of halogens is 2. The van der Waals surface area contributed by atoms with Crippen LogP contribution in [0.25, 0.3) is 0 Å². The number of nitrogens with one attached hydrogen (secondary N) is 2. The first kappa shape index (κ1) is 14.9. The lowest BCUT2D eigenvalue weighted by Gasteiger charge is -2.13. The first-order valence-electron chi connectivity index (χ1n) is 6.60. The highest BCUT2D eigenvalue weighted by molar-refractivity contribution is 5.92. The van der Waals surface area contributed by atoms with Crippen LogP contribution in [0.1, 0.15) is 19.3 Å². The van der Waals surface area contributed by atoms with E-state index in [-0.39, 0.29) is 18.7 Å². The summed E-state index contributed by atoms with van der Waals surface area (Å²) in [6.45, 7) is 0.0227. The van der Waals surface area contributed by atoms with Crippen molar-refractivity contribution in [2.45, 2.75) is 31.4 Å². The van der Waals surface area contributed by atoms with E-state index in [4.69, 9.17) is 4.74 Å². The number of carbonyl (C=O) groups is 1. The van der Waals surface area contributed by atoms with E-state index < -0.39 is 23.2 Å². The van der Waals surface area contributed by atoms with Crippen LogP contribution >= 0.6 is 0 Å². The Labute approximate surface area is 116 Å². The smallest absolute Gasteiger partial charge is 0.238 e. The van der Waals surface area contributed by atoms with E-state index in [2.05, 4.69) is 10.6 Å². The van der Waals surface area contributed by atoms with E-state index >= 15 is 0 Å². The molecular weight excluding hydrogens is 266 g/mol. The van der Waals surface area contributed by atoms with Crippen LogP contribution in [0.4, 0.5) is 14.5 Å². The van der Waals surface area contributed by atoms with E-state index in [1.54, 1.807) is 7.11 Å². The van der Waals surface area contributed by atoms with Crippen molar-refractivity contribution in [2.24, 2.45) is 0 Å². The maximum atomic E-state index is 13.4. The van der Waals surface area contributed by atoms with Crippen molar-refractivity contribution in [3.8, 4) is 0 Å². The quantitative estimate of drug-likeness (QED) is 0.870. The minimum Gasteiger partial charge on any atom is -0.381 e. The fraction of sp³-hybridized carbons (Fsp3) is 0.500. The Balaban J connectivity index is 1.81. The van der Waals surface area contributed by atoms with Gasteiger partial charge in [-0.25, -0.2) is 8.78 Å². The van der Waals surface area contributed by atoms with E-state index in [1.165, 1.54) is 6.07 Å². The third-order valence-corrected chi connectivity index (χ3v) is 3.50. The lowest BCUT2D eigenvalue weighted by molar-refractivity contribution is -0.115. The van der Waals surface area contributed by atoms with E-state index in [1.807, 2.05) is 0 Å². The summed E-state index contributed by atoms with van der Waals surface area (Å²) in [5.74, 6) is -2.02. The molecule has 0 spiro atoms. The largest absolute Gasteiger partial charge is 0.381 e. The van der Waals surface area contributed by atoms with Crippen LogP contribution in [0.5, 0.6) is 0 Å². The molecule has 1 aromatic rings. The van der Waals surface area contributed by atoms with Crippen LogP contribution < -0.4 is 10.6 Å². The number of para-hydroxylation sites is 1. The van der Waals surface area contributed by atoms with Gasteiger partial charge in [-0.3, -0.25) is 4.79 Å². The summed E-state index contributed by atoms with van der Waals surface area (Å²) >= 11 is 0. The second kappa shape index (κ2) is 6.76. The predicted octanol–water partition coefficient (Wildman–Crippen LogP) is 2.06. The summed E-state index contributed by atoms with van der Waals surface area (Å²) in [5, 5.41) is 5.31. The number of anilines is 1. The molecule has 110 valence electrons. The molecule has 0 bridgehead atoms. The van der Waals surface area contributed by atoms with Gasteiger partial charge in [0.1, 0.15) is 17.3 Å². The minimum atomic E-state index is -0.779. The van der Waals surface area contributed by atoms with Gasteiger partial charge in [0, 0.05) is 13.2 Å². The highest BCUT2D eigenvalue weighted by Crippen LogP contribution is 2.21. The lowest BCUT2D eigenvalue weighted by Crippen LogP contribution is -2.35. The van der Waals surface area contributed by atoms with Gasteiger partial charge in [0.2, 0.25) is 5.91 Å². The van der Waals surface area contributed by atoms with Gasteiger partial charge >= 0.3 is 0 Å². The second-order valence-corrected chi connectivity index (χ2v) is 4.89. The van der Waals surface area contributed by atoms with Crippen LogP contribution in [0.2, 0.25) is 0 Å². The summed E-state index contributed by atoms with van der Waals surface area (Å²) in [6.07, 6.45) is 2.95. The SMILES string of the molecule is COC1CCC(NCC(=O)Nc2c(F)cccc2F)C1. The van der Waals surface area contributed by atoms with Gasteiger partial charge in [-0.2, -0.15) is 0 Å². The first-order chi connectivity index (χ1) is 9.60. The van der Waals surface area contributed by atoms with E-state index in [0.29, 0.717) is 0 Å². The molecule has 1 aromatic carbocycles. The molecule has 1 saturated carbocycles. The highest BCUT2D eigenvalue weighted by Gasteiger charge is 2.24. The van der Waals surface area contributed by atoms with Crippen molar-refractivity contribution in [3.05, 3.63) is 29.8 Å². The van der Waals surface area contributed by atoms with Crippen LogP contribution in [0, 0.1) is 11.6 Å². The van der Waals surface area contributed by atoms with Crippen LogP contribution in [-0.4, -0.2) is 31.7 Å². The molecule has 0 aromatic heterocycles. The number of methoxy groups -OCH3 is 1. The fourth-order valence-electron chi connectivity index (χ4n) is 2.38. The molecule has 20 heavy (non-hydrogen) atoms. The monoisotopic (exact) mass is 284 g/mol. The summed E-state index contributed by atoms with van der Waals surface area (Å²) in [4.78, 5) is 11.7. The Morgan fingerprint density at radius 1 is 1.35 bits per heavy atom. The zero-order valence-electron chi connectivity index (χ0n) is 11.3. The molecule has 0 radical (unpaired) electrons. The molecule has 1 fully saturated rings. The maximum Gasteiger partial charge on any atom is 0.238 e. The van der Waals surface area contributed by atoms with E-state index in [9.17, 15) is 13.6 Å². The van der Waals surface area contributed by atoms with E-state index in [0.717, 1.165) is 31.4 Å². The minimum absolute atomic E-state index is 0.0227. The van der Waals surface area contributed by atoms with Crippen molar-refractivity contribution < 1.29 is 18.3 Å². The summed E-state index contributed by atoms with van der Waals surface area (Å²) < 4.78 is 32.0. The summed E-state index contributed by atoms with van der Waals surface area (Å²) in [6, 6.07) is 3.66. The molecule has 1 amide bonds. The molecule has 2 rings (SSSR count). The second-order valence-electron chi connectivity index (χ2n) is 4.89. The van der Waals surface area contributed by atoms with Gasteiger partial charge in [0.15, 0.2) is 0 Å².